The molecule has 0 fully saturated rings. The molecule has 0 amide bonds. The first-order chi connectivity index (χ1) is 16.9. The lowest BCUT2D eigenvalue weighted by Crippen LogP contribution is -2.23. The van der Waals surface area contributed by atoms with E-state index in [9.17, 15) is 21.6 Å². The molecule has 36 heavy (non-hydrogen) atoms. The molecule has 1 aromatic heterocycles. The van der Waals surface area contributed by atoms with Crippen LogP contribution in [0.1, 0.15) is 16.0 Å². The van der Waals surface area contributed by atoms with Gasteiger partial charge >= 0.3 is 6.18 Å². The topological polar surface area (TPSA) is 46.2 Å². The molecule has 1 N–H and O–H groups in total. The van der Waals surface area contributed by atoms with E-state index in [1.54, 1.807) is 18.2 Å². The van der Waals surface area contributed by atoms with Crippen molar-refractivity contribution in [2.24, 2.45) is 0 Å². The highest BCUT2D eigenvalue weighted by Gasteiger charge is 2.31. The van der Waals surface area contributed by atoms with Crippen LogP contribution in [-0.4, -0.2) is 8.42 Å². The summed E-state index contributed by atoms with van der Waals surface area (Å²) in [5.41, 5.74) is 2.31. The summed E-state index contributed by atoms with van der Waals surface area (Å²) < 4.78 is 68.3. The van der Waals surface area contributed by atoms with E-state index < -0.39 is 26.7 Å². The maximum atomic E-state index is 13.1. The van der Waals surface area contributed by atoms with Crippen LogP contribution in [0.3, 0.4) is 0 Å². The molecule has 11 heteroatoms. The van der Waals surface area contributed by atoms with Gasteiger partial charge in [0.05, 0.1) is 15.5 Å². The van der Waals surface area contributed by atoms with Gasteiger partial charge in [-0.3, -0.25) is 0 Å². The standard InChI is InChI=1S/C25H17BrCl2F3NO2S2/c1-14-22(13-32-36(33,34)19-4-2-3-16(11-19)25(29,30)31)35-24(20-10-9-18(27)12-21(20)28)23(14)15-5-7-17(26)8-6-15/h2-12,32H,13H2,1H3. The van der Waals surface area contributed by atoms with Crippen LogP contribution in [0.5, 0.6) is 0 Å². The molecule has 0 atom stereocenters. The molecule has 0 radical (unpaired) electrons. The number of thiophene rings is 1. The van der Waals surface area contributed by atoms with Gasteiger partial charge in [0.2, 0.25) is 10.0 Å². The Morgan fingerprint density at radius 1 is 1.00 bits per heavy atom. The average molecular weight is 635 g/mol. The van der Waals surface area contributed by atoms with Crippen molar-refractivity contribution in [3.63, 3.8) is 0 Å². The fraction of sp³-hybridized carbons (Fsp3) is 0.120. The zero-order valence-corrected chi connectivity index (χ0v) is 23.2. The van der Waals surface area contributed by atoms with E-state index in [1.807, 2.05) is 31.2 Å². The Labute approximate surface area is 229 Å². The van der Waals surface area contributed by atoms with E-state index in [4.69, 9.17) is 23.2 Å². The molecule has 0 aliphatic carbocycles. The number of halogens is 6. The predicted molar refractivity (Wildman–Crippen MR) is 143 cm³/mol. The second kappa shape index (κ2) is 10.5. The zero-order chi connectivity index (χ0) is 26.3. The van der Waals surface area contributed by atoms with Crippen LogP contribution in [0.15, 0.2) is 76.1 Å². The number of sulfonamides is 1. The quantitative estimate of drug-likeness (QED) is 0.230. The van der Waals surface area contributed by atoms with E-state index >= 15 is 0 Å². The van der Waals surface area contributed by atoms with Crippen molar-refractivity contribution in [1.82, 2.24) is 4.72 Å². The predicted octanol–water partition coefficient (Wildman–Crippen LogP) is 8.96. The minimum Gasteiger partial charge on any atom is -0.207 e. The van der Waals surface area contributed by atoms with Crippen molar-refractivity contribution >= 4 is 60.5 Å². The zero-order valence-electron chi connectivity index (χ0n) is 18.5. The van der Waals surface area contributed by atoms with Crippen molar-refractivity contribution in [1.29, 1.82) is 0 Å². The normalized spacial score (nSPS) is 12.2. The first kappa shape index (κ1) is 27.2. The van der Waals surface area contributed by atoms with E-state index in [-0.39, 0.29) is 6.54 Å². The van der Waals surface area contributed by atoms with Gasteiger partial charge < -0.3 is 0 Å². The highest BCUT2D eigenvalue weighted by Crippen LogP contribution is 2.46. The van der Waals surface area contributed by atoms with Crippen molar-refractivity contribution in [2.45, 2.75) is 24.5 Å². The van der Waals surface area contributed by atoms with Gasteiger partial charge in [-0.15, -0.1) is 11.3 Å². The van der Waals surface area contributed by atoms with Gasteiger partial charge in [-0.2, -0.15) is 13.2 Å². The molecular formula is C25H17BrCl2F3NO2S2. The van der Waals surface area contributed by atoms with Gasteiger partial charge in [0, 0.05) is 36.9 Å². The Morgan fingerprint density at radius 3 is 2.33 bits per heavy atom. The number of hydrogen-bond donors (Lipinski definition) is 1. The number of hydrogen-bond acceptors (Lipinski definition) is 3. The first-order valence-electron chi connectivity index (χ1n) is 10.4. The molecule has 1 heterocycles. The summed E-state index contributed by atoms with van der Waals surface area (Å²) in [6.45, 7) is 1.76. The summed E-state index contributed by atoms with van der Waals surface area (Å²) in [6.07, 6.45) is -4.65. The number of alkyl halides is 3. The molecule has 3 aromatic carbocycles. The SMILES string of the molecule is Cc1c(CNS(=O)(=O)c2cccc(C(F)(F)F)c2)sc(-c2ccc(Cl)cc2Cl)c1-c1ccc(Br)cc1. The molecule has 4 aromatic rings. The van der Waals surface area contributed by atoms with Crippen molar-refractivity contribution in [2.75, 3.05) is 0 Å². The van der Waals surface area contributed by atoms with E-state index in [2.05, 4.69) is 20.7 Å². The second-order valence-corrected chi connectivity index (χ2v) is 12.5. The van der Waals surface area contributed by atoms with Crippen LogP contribution in [0.25, 0.3) is 21.6 Å². The molecule has 0 aliphatic heterocycles. The minimum absolute atomic E-state index is 0.107. The van der Waals surface area contributed by atoms with Crippen molar-refractivity contribution in [3.05, 3.63) is 97.3 Å². The van der Waals surface area contributed by atoms with Crippen LogP contribution in [0, 0.1) is 6.92 Å². The average Bonchev–Trinajstić information content (AvgIpc) is 3.14. The van der Waals surface area contributed by atoms with Gasteiger partial charge in [0.25, 0.3) is 0 Å². The maximum Gasteiger partial charge on any atom is 0.416 e. The van der Waals surface area contributed by atoms with Gasteiger partial charge in [0.15, 0.2) is 0 Å². The fourth-order valence-corrected chi connectivity index (χ4v) is 6.90. The van der Waals surface area contributed by atoms with Gasteiger partial charge in [-0.05, 0) is 60.5 Å². The number of rotatable bonds is 6. The Kier molecular flexibility index (Phi) is 7.90. The smallest absolute Gasteiger partial charge is 0.207 e. The number of benzene rings is 3. The molecule has 4 rings (SSSR count). The molecule has 0 bridgehead atoms. The molecule has 0 saturated carbocycles. The molecule has 0 aliphatic rings. The second-order valence-electron chi connectivity index (χ2n) is 7.84. The third-order valence-electron chi connectivity index (χ3n) is 5.45. The Bertz CT molecular complexity index is 1540. The van der Waals surface area contributed by atoms with E-state index in [1.165, 1.54) is 11.3 Å². The number of nitrogens with one attached hydrogen (secondary N) is 1. The summed E-state index contributed by atoms with van der Waals surface area (Å²) in [6, 6.07) is 16.5. The molecule has 0 unspecified atom stereocenters. The van der Waals surface area contributed by atoms with Gasteiger partial charge in [-0.1, -0.05) is 63.4 Å². The van der Waals surface area contributed by atoms with E-state index in [0.29, 0.717) is 21.0 Å². The van der Waals surface area contributed by atoms with Crippen LogP contribution < -0.4 is 4.72 Å². The fourth-order valence-electron chi connectivity index (χ4n) is 3.64. The third kappa shape index (κ3) is 5.82. The van der Waals surface area contributed by atoms with E-state index in [0.717, 1.165) is 49.8 Å². The molecular weight excluding hydrogens is 618 g/mol. The molecule has 3 nitrogen and oxygen atoms in total. The monoisotopic (exact) mass is 633 g/mol. The van der Waals surface area contributed by atoms with Crippen LogP contribution in [0.4, 0.5) is 13.2 Å². The van der Waals surface area contributed by atoms with Crippen molar-refractivity contribution < 1.29 is 21.6 Å². The first-order valence-corrected chi connectivity index (χ1v) is 14.2. The molecule has 0 saturated heterocycles. The summed E-state index contributed by atoms with van der Waals surface area (Å²) in [7, 11) is -4.20. The lowest BCUT2D eigenvalue weighted by atomic mass is 9.98. The summed E-state index contributed by atoms with van der Waals surface area (Å²) in [5.74, 6) is 0. The summed E-state index contributed by atoms with van der Waals surface area (Å²) in [4.78, 5) is 1.06. The summed E-state index contributed by atoms with van der Waals surface area (Å²) in [5, 5.41) is 0.925. The third-order valence-corrected chi connectivity index (χ3v) is 9.25. The Morgan fingerprint density at radius 2 is 1.69 bits per heavy atom. The molecule has 0 spiro atoms. The largest absolute Gasteiger partial charge is 0.416 e. The van der Waals surface area contributed by atoms with Crippen molar-refractivity contribution in [3.8, 4) is 21.6 Å². The van der Waals surface area contributed by atoms with Gasteiger partial charge in [0.1, 0.15) is 0 Å². The van der Waals surface area contributed by atoms with Crippen LogP contribution in [0.2, 0.25) is 10.0 Å². The minimum atomic E-state index is -4.65. The Hall–Kier alpha value is -1.88. The maximum absolute atomic E-state index is 13.1. The molecule has 188 valence electrons. The van der Waals surface area contributed by atoms with Gasteiger partial charge in [-0.25, -0.2) is 13.1 Å². The lowest BCUT2D eigenvalue weighted by molar-refractivity contribution is -0.137. The highest BCUT2D eigenvalue weighted by atomic mass is 79.9. The summed E-state index contributed by atoms with van der Waals surface area (Å²) >= 11 is 17.4. The Balaban J connectivity index is 1.74. The van der Waals surface area contributed by atoms with Crippen LogP contribution in [-0.2, 0) is 22.7 Å². The van der Waals surface area contributed by atoms with Crippen LogP contribution >= 0.6 is 50.5 Å². The lowest BCUT2D eigenvalue weighted by Gasteiger charge is -2.10. The highest BCUT2D eigenvalue weighted by molar-refractivity contribution is 9.10.